The number of para-hydroxylation sites is 1. The number of carbonyl (C=O) groups excluding carboxylic acids is 1. The Bertz CT molecular complexity index is 908. The van der Waals surface area contributed by atoms with E-state index in [1.807, 2.05) is 43.3 Å². The summed E-state index contributed by atoms with van der Waals surface area (Å²) < 4.78 is 32.6. The summed E-state index contributed by atoms with van der Waals surface area (Å²) in [6, 6.07) is 14.0. The number of nitrogens with zero attached hydrogens (tertiary/aromatic N) is 2. The van der Waals surface area contributed by atoms with Crippen LogP contribution in [0, 0.1) is 6.92 Å². The van der Waals surface area contributed by atoms with Crippen molar-refractivity contribution in [2.24, 2.45) is 0 Å². The predicted octanol–water partition coefficient (Wildman–Crippen LogP) is 2.54. The number of methoxy groups -OCH3 is 1. The number of nitrogens with one attached hydrogen (secondary N) is 1. The number of aryl methyl sites for hydroxylation is 1. The summed E-state index contributed by atoms with van der Waals surface area (Å²) in [6.07, 6.45) is 0. The fraction of sp³-hybridized carbons (Fsp3) is 0.316. The number of hydrogen-bond donors (Lipinski definition) is 1. The van der Waals surface area contributed by atoms with Gasteiger partial charge in [-0.3, -0.25) is 0 Å². The van der Waals surface area contributed by atoms with Crippen molar-refractivity contribution >= 4 is 21.7 Å². The molecule has 1 aliphatic rings. The lowest BCUT2D eigenvalue weighted by Crippen LogP contribution is -2.51. The summed E-state index contributed by atoms with van der Waals surface area (Å²) in [6.45, 7) is 2.96. The molecule has 0 aromatic heterocycles. The first-order valence-corrected chi connectivity index (χ1v) is 10.1. The summed E-state index contributed by atoms with van der Waals surface area (Å²) in [4.78, 5) is 14.1. The second-order valence-corrected chi connectivity index (χ2v) is 8.25. The Hall–Kier alpha value is -2.58. The largest absolute Gasteiger partial charge is 0.495 e. The smallest absolute Gasteiger partial charge is 0.321 e. The van der Waals surface area contributed by atoms with Crippen molar-refractivity contribution in [2.45, 2.75) is 11.8 Å². The molecule has 0 unspecified atom stereocenters. The van der Waals surface area contributed by atoms with E-state index in [1.54, 1.807) is 17.0 Å². The Morgan fingerprint density at radius 1 is 1.04 bits per heavy atom. The minimum atomic E-state index is -3.69. The van der Waals surface area contributed by atoms with Crippen molar-refractivity contribution in [1.29, 1.82) is 0 Å². The van der Waals surface area contributed by atoms with E-state index in [-0.39, 0.29) is 24.0 Å². The maximum Gasteiger partial charge on any atom is 0.321 e. The third-order valence-corrected chi connectivity index (χ3v) is 6.41. The van der Waals surface area contributed by atoms with E-state index in [1.165, 1.54) is 11.4 Å². The molecular formula is C19H23N3O4S. The van der Waals surface area contributed by atoms with Crippen LogP contribution in [0.4, 0.5) is 10.5 Å². The molecule has 1 saturated heterocycles. The maximum atomic E-state index is 13.0. The van der Waals surface area contributed by atoms with Crippen LogP contribution in [-0.2, 0) is 10.0 Å². The number of rotatable bonds is 4. The van der Waals surface area contributed by atoms with Gasteiger partial charge >= 0.3 is 6.03 Å². The molecule has 1 N–H and O–H groups in total. The van der Waals surface area contributed by atoms with Crippen molar-refractivity contribution in [3.05, 3.63) is 54.1 Å². The number of hydrogen-bond acceptors (Lipinski definition) is 4. The number of urea groups is 1. The topological polar surface area (TPSA) is 79.0 Å². The van der Waals surface area contributed by atoms with E-state index in [9.17, 15) is 13.2 Å². The van der Waals surface area contributed by atoms with Gasteiger partial charge in [0.15, 0.2) is 0 Å². The minimum Gasteiger partial charge on any atom is -0.495 e. The molecule has 1 heterocycles. The molecule has 2 amide bonds. The zero-order chi connectivity index (χ0) is 19.4. The molecule has 1 aliphatic heterocycles. The molecule has 1 fully saturated rings. The van der Waals surface area contributed by atoms with Crippen LogP contribution in [0.5, 0.6) is 5.75 Å². The number of amides is 2. The zero-order valence-corrected chi connectivity index (χ0v) is 16.2. The average Bonchev–Trinajstić information content (AvgIpc) is 2.69. The lowest BCUT2D eigenvalue weighted by Gasteiger charge is -2.34. The average molecular weight is 389 g/mol. The molecule has 2 aromatic rings. The van der Waals surface area contributed by atoms with Crippen LogP contribution in [0.1, 0.15) is 5.56 Å². The third-order valence-electron chi connectivity index (χ3n) is 4.49. The lowest BCUT2D eigenvalue weighted by atomic mass is 10.2. The molecule has 2 aromatic carbocycles. The summed E-state index contributed by atoms with van der Waals surface area (Å²) in [7, 11) is -2.23. The van der Waals surface area contributed by atoms with Gasteiger partial charge in [0, 0.05) is 31.9 Å². The summed E-state index contributed by atoms with van der Waals surface area (Å²) in [5, 5.41) is 2.82. The number of anilines is 1. The first-order valence-electron chi connectivity index (χ1n) is 8.67. The van der Waals surface area contributed by atoms with Gasteiger partial charge in [-0.2, -0.15) is 4.31 Å². The fourth-order valence-corrected chi connectivity index (χ4v) is 4.64. The van der Waals surface area contributed by atoms with Crippen LogP contribution in [0.2, 0.25) is 0 Å². The predicted molar refractivity (Wildman–Crippen MR) is 104 cm³/mol. The summed E-state index contributed by atoms with van der Waals surface area (Å²) >= 11 is 0. The highest BCUT2D eigenvalue weighted by Gasteiger charge is 2.32. The number of benzene rings is 2. The maximum absolute atomic E-state index is 13.0. The van der Waals surface area contributed by atoms with Gasteiger partial charge in [0.25, 0.3) is 0 Å². The lowest BCUT2D eigenvalue weighted by molar-refractivity contribution is 0.184. The Kier molecular flexibility index (Phi) is 5.67. The Labute approximate surface area is 159 Å². The van der Waals surface area contributed by atoms with Crippen molar-refractivity contribution in [2.75, 3.05) is 38.6 Å². The van der Waals surface area contributed by atoms with E-state index in [2.05, 4.69) is 5.32 Å². The molecule has 0 radical (unpaired) electrons. The van der Waals surface area contributed by atoms with Crippen LogP contribution in [-0.4, -0.2) is 56.9 Å². The Morgan fingerprint density at radius 3 is 2.33 bits per heavy atom. The zero-order valence-electron chi connectivity index (χ0n) is 15.4. The van der Waals surface area contributed by atoms with Gasteiger partial charge in [-0.15, -0.1) is 0 Å². The Morgan fingerprint density at radius 2 is 1.70 bits per heavy atom. The van der Waals surface area contributed by atoms with Crippen LogP contribution >= 0.6 is 0 Å². The molecule has 7 nitrogen and oxygen atoms in total. The second kappa shape index (κ2) is 7.98. The summed E-state index contributed by atoms with van der Waals surface area (Å²) in [5.74, 6) is 0.324. The molecular weight excluding hydrogens is 366 g/mol. The van der Waals surface area contributed by atoms with Crippen molar-refractivity contribution in [1.82, 2.24) is 9.21 Å². The molecule has 27 heavy (non-hydrogen) atoms. The molecule has 8 heteroatoms. The molecule has 0 saturated carbocycles. The second-order valence-electron chi connectivity index (χ2n) is 6.34. The number of carbonyl (C=O) groups is 1. The highest BCUT2D eigenvalue weighted by Crippen LogP contribution is 2.28. The molecule has 0 atom stereocenters. The van der Waals surface area contributed by atoms with Gasteiger partial charge in [0.2, 0.25) is 10.0 Å². The fourth-order valence-electron chi connectivity index (χ4n) is 2.98. The van der Waals surface area contributed by atoms with Gasteiger partial charge in [-0.05, 0) is 36.8 Å². The van der Waals surface area contributed by atoms with Crippen LogP contribution in [0.25, 0.3) is 0 Å². The first kappa shape index (κ1) is 19.2. The van der Waals surface area contributed by atoms with Crippen LogP contribution in [0.3, 0.4) is 0 Å². The molecule has 0 bridgehead atoms. The summed E-state index contributed by atoms with van der Waals surface area (Å²) in [5.41, 5.74) is 1.55. The number of piperazine rings is 1. The van der Waals surface area contributed by atoms with E-state index < -0.39 is 10.0 Å². The van der Waals surface area contributed by atoms with Crippen LogP contribution in [0.15, 0.2) is 53.4 Å². The highest BCUT2D eigenvalue weighted by atomic mass is 32.2. The molecule has 0 aliphatic carbocycles. The van der Waals surface area contributed by atoms with Crippen molar-refractivity contribution in [3.8, 4) is 5.75 Å². The first-order chi connectivity index (χ1) is 12.9. The van der Waals surface area contributed by atoms with E-state index in [0.717, 1.165) is 5.56 Å². The molecule has 144 valence electrons. The van der Waals surface area contributed by atoms with Crippen molar-refractivity contribution < 1.29 is 17.9 Å². The molecule has 0 spiro atoms. The van der Waals surface area contributed by atoms with Gasteiger partial charge in [0.05, 0.1) is 7.11 Å². The number of ether oxygens (including phenoxy) is 1. The van der Waals surface area contributed by atoms with Gasteiger partial charge < -0.3 is 15.0 Å². The SMILES string of the molecule is COc1ccc(C)cc1S(=O)(=O)N1CCN(C(=O)Nc2ccccc2)CC1. The van der Waals surface area contributed by atoms with Crippen LogP contribution < -0.4 is 10.1 Å². The minimum absolute atomic E-state index is 0.159. The third kappa shape index (κ3) is 4.23. The number of sulfonamides is 1. The highest BCUT2D eigenvalue weighted by molar-refractivity contribution is 7.89. The standard InChI is InChI=1S/C19H23N3O4S/c1-15-8-9-17(26-2)18(14-15)27(24,25)22-12-10-21(11-13-22)19(23)20-16-6-4-3-5-7-16/h3-9,14H,10-13H2,1-2H3,(H,20,23). The van der Waals surface area contributed by atoms with Gasteiger partial charge in [0.1, 0.15) is 10.6 Å². The van der Waals surface area contributed by atoms with Gasteiger partial charge in [-0.1, -0.05) is 24.3 Å². The van der Waals surface area contributed by atoms with Crippen molar-refractivity contribution in [3.63, 3.8) is 0 Å². The van der Waals surface area contributed by atoms with E-state index in [4.69, 9.17) is 4.74 Å². The van der Waals surface area contributed by atoms with E-state index >= 15 is 0 Å². The Balaban J connectivity index is 1.68. The monoisotopic (exact) mass is 389 g/mol. The quantitative estimate of drug-likeness (QED) is 0.872. The normalized spacial score (nSPS) is 15.4. The van der Waals surface area contributed by atoms with Gasteiger partial charge in [-0.25, -0.2) is 13.2 Å². The van der Waals surface area contributed by atoms with E-state index in [0.29, 0.717) is 24.5 Å². The molecule has 3 rings (SSSR count).